The molecular weight excluding hydrogens is 306 g/mol. The van der Waals surface area contributed by atoms with Crippen molar-refractivity contribution in [2.24, 2.45) is 17.8 Å². The highest BCUT2D eigenvalue weighted by Crippen LogP contribution is 2.36. The van der Waals surface area contributed by atoms with Crippen molar-refractivity contribution in [2.45, 2.75) is 38.5 Å². The molecule has 0 spiro atoms. The largest absolute Gasteiger partial charge is 0.481 e. The molecule has 1 aromatic carbocycles. The third-order valence-electron chi connectivity index (χ3n) is 5.42. The molecule has 3 rings (SSSR count). The SMILES string of the molecule is O.O=C(O)[C@@H](CC(=O)N1C[C@H]2CCCC[C@H]2C1)Cc1ccccc1. The van der Waals surface area contributed by atoms with Crippen molar-refractivity contribution < 1.29 is 20.2 Å². The lowest BCUT2D eigenvalue weighted by Crippen LogP contribution is -2.33. The molecule has 1 aliphatic carbocycles. The fraction of sp³-hybridized carbons (Fsp3) is 0.579. The van der Waals surface area contributed by atoms with Gasteiger partial charge < -0.3 is 15.5 Å². The van der Waals surface area contributed by atoms with E-state index in [1.54, 1.807) is 0 Å². The van der Waals surface area contributed by atoms with Crippen molar-refractivity contribution in [1.82, 2.24) is 4.90 Å². The van der Waals surface area contributed by atoms with Gasteiger partial charge in [-0.2, -0.15) is 0 Å². The van der Waals surface area contributed by atoms with Crippen LogP contribution in [0.25, 0.3) is 0 Å². The number of hydrogen-bond donors (Lipinski definition) is 1. The molecule has 1 saturated carbocycles. The van der Waals surface area contributed by atoms with E-state index in [-0.39, 0.29) is 17.8 Å². The van der Waals surface area contributed by atoms with Crippen molar-refractivity contribution in [3.05, 3.63) is 35.9 Å². The lowest BCUT2D eigenvalue weighted by atomic mass is 9.82. The molecular formula is C19H27NO4. The molecule has 0 unspecified atom stereocenters. The number of carboxylic acids is 1. The van der Waals surface area contributed by atoms with Gasteiger partial charge in [0.1, 0.15) is 0 Å². The highest BCUT2D eigenvalue weighted by molar-refractivity contribution is 5.82. The first-order valence-electron chi connectivity index (χ1n) is 8.68. The summed E-state index contributed by atoms with van der Waals surface area (Å²) in [5.74, 6) is -0.204. The highest BCUT2D eigenvalue weighted by Gasteiger charge is 2.37. The molecule has 0 bridgehead atoms. The first-order valence-corrected chi connectivity index (χ1v) is 8.68. The molecule has 5 heteroatoms. The number of carbonyl (C=O) groups excluding carboxylic acids is 1. The first-order chi connectivity index (χ1) is 11.1. The van der Waals surface area contributed by atoms with Gasteiger partial charge in [-0.3, -0.25) is 9.59 Å². The van der Waals surface area contributed by atoms with Crippen LogP contribution in [0.2, 0.25) is 0 Å². The lowest BCUT2D eigenvalue weighted by molar-refractivity contribution is -0.145. The van der Waals surface area contributed by atoms with Gasteiger partial charge in [-0.25, -0.2) is 0 Å². The third-order valence-corrected chi connectivity index (χ3v) is 5.42. The quantitative estimate of drug-likeness (QED) is 0.895. The van der Waals surface area contributed by atoms with Gasteiger partial charge >= 0.3 is 5.97 Å². The third kappa shape index (κ3) is 4.35. The van der Waals surface area contributed by atoms with Crippen LogP contribution in [0.4, 0.5) is 0 Å². The standard InChI is InChI=1S/C19H25NO3.H2O/c21-18(20-12-15-8-4-5-9-16(15)13-20)11-17(19(22)23)10-14-6-2-1-3-7-14;/h1-3,6-7,15-17H,4-5,8-13H2,(H,22,23);1H2/t15-,16+,17-;/m1./s1. The number of rotatable bonds is 5. The van der Waals surface area contributed by atoms with Crippen molar-refractivity contribution >= 4 is 11.9 Å². The monoisotopic (exact) mass is 333 g/mol. The van der Waals surface area contributed by atoms with Gasteiger partial charge in [0.25, 0.3) is 0 Å². The number of fused-ring (bicyclic) bond motifs is 1. The van der Waals surface area contributed by atoms with E-state index in [1.807, 2.05) is 35.2 Å². The molecule has 0 aromatic heterocycles. The van der Waals surface area contributed by atoms with Gasteiger partial charge in [-0.15, -0.1) is 0 Å². The Kier molecular flexibility index (Phi) is 6.37. The molecule has 1 aromatic rings. The number of likely N-dealkylation sites (tertiary alicyclic amines) is 1. The fourth-order valence-corrected chi connectivity index (χ4v) is 4.09. The highest BCUT2D eigenvalue weighted by atomic mass is 16.4. The Morgan fingerprint density at radius 3 is 2.21 bits per heavy atom. The fourth-order valence-electron chi connectivity index (χ4n) is 4.09. The molecule has 2 fully saturated rings. The van der Waals surface area contributed by atoms with Gasteiger partial charge in [-0.1, -0.05) is 43.2 Å². The van der Waals surface area contributed by atoms with Crippen LogP contribution in [0.15, 0.2) is 30.3 Å². The van der Waals surface area contributed by atoms with Crippen molar-refractivity contribution in [1.29, 1.82) is 0 Å². The molecule has 5 nitrogen and oxygen atoms in total. The van der Waals surface area contributed by atoms with Gasteiger partial charge in [0, 0.05) is 19.5 Å². The molecule has 3 N–H and O–H groups in total. The summed E-state index contributed by atoms with van der Waals surface area (Å²) < 4.78 is 0. The zero-order valence-corrected chi connectivity index (χ0v) is 14.0. The second kappa shape index (κ2) is 8.29. The van der Waals surface area contributed by atoms with E-state index in [0.29, 0.717) is 18.3 Å². The Hall–Kier alpha value is -1.88. The van der Waals surface area contributed by atoms with Crippen molar-refractivity contribution in [2.75, 3.05) is 13.1 Å². The van der Waals surface area contributed by atoms with Gasteiger partial charge in [0.05, 0.1) is 5.92 Å². The summed E-state index contributed by atoms with van der Waals surface area (Å²) in [4.78, 5) is 26.0. The molecule has 3 atom stereocenters. The molecule has 1 saturated heterocycles. The molecule has 24 heavy (non-hydrogen) atoms. The van der Waals surface area contributed by atoms with Crippen LogP contribution in [-0.2, 0) is 16.0 Å². The second-order valence-electron chi connectivity index (χ2n) is 7.03. The maximum absolute atomic E-state index is 12.6. The van der Waals surface area contributed by atoms with E-state index in [4.69, 9.17) is 0 Å². The van der Waals surface area contributed by atoms with Crippen LogP contribution < -0.4 is 0 Å². The predicted octanol–water partition coefficient (Wildman–Crippen LogP) is 2.14. The Morgan fingerprint density at radius 1 is 1.08 bits per heavy atom. The summed E-state index contributed by atoms with van der Waals surface area (Å²) in [6, 6.07) is 9.56. The Labute approximate surface area is 143 Å². The smallest absolute Gasteiger partial charge is 0.307 e. The first kappa shape index (κ1) is 18.5. The molecule has 1 aliphatic heterocycles. The number of carbonyl (C=O) groups is 2. The van der Waals surface area contributed by atoms with Crippen LogP contribution in [0.3, 0.4) is 0 Å². The summed E-state index contributed by atoms with van der Waals surface area (Å²) in [5.41, 5.74) is 0.975. The Morgan fingerprint density at radius 2 is 1.67 bits per heavy atom. The summed E-state index contributed by atoms with van der Waals surface area (Å²) in [6.45, 7) is 1.67. The number of aliphatic carboxylic acids is 1. The zero-order valence-electron chi connectivity index (χ0n) is 14.0. The van der Waals surface area contributed by atoms with Gasteiger partial charge in [0.2, 0.25) is 5.91 Å². The number of benzene rings is 1. The summed E-state index contributed by atoms with van der Waals surface area (Å²) in [5, 5.41) is 9.46. The van der Waals surface area contributed by atoms with E-state index in [1.165, 1.54) is 25.7 Å². The van der Waals surface area contributed by atoms with E-state index in [0.717, 1.165) is 18.7 Å². The molecule has 1 heterocycles. The maximum Gasteiger partial charge on any atom is 0.307 e. The topological polar surface area (TPSA) is 89.1 Å². The normalized spacial score (nSPS) is 23.9. The van der Waals surface area contributed by atoms with E-state index >= 15 is 0 Å². The second-order valence-corrected chi connectivity index (χ2v) is 7.03. The van der Waals surface area contributed by atoms with E-state index in [9.17, 15) is 14.7 Å². The van der Waals surface area contributed by atoms with E-state index in [2.05, 4.69) is 0 Å². The Balaban J connectivity index is 0.00000208. The lowest BCUT2D eigenvalue weighted by Gasteiger charge is -2.22. The molecule has 0 radical (unpaired) electrons. The molecule has 1 amide bonds. The van der Waals surface area contributed by atoms with Crippen molar-refractivity contribution in [3.63, 3.8) is 0 Å². The number of amides is 1. The average molecular weight is 333 g/mol. The van der Waals surface area contributed by atoms with Crippen LogP contribution in [0, 0.1) is 17.8 Å². The summed E-state index contributed by atoms with van der Waals surface area (Å²) >= 11 is 0. The van der Waals surface area contributed by atoms with Crippen molar-refractivity contribution in [3.8, 4) is 0 Å². The van der Waals surface area contributed by atoms with Gasteiger partial charge in [-0.05, 0) is 36.7 Å². The minimum Gasteiger partial charge on any atom is -0.481 e. The minimum absolute atomic E-state index is 0. The molecule has 2 aliphatic rings. The van der Waals surface area contributed by atoms with E-state index < -0.39 is 11.9 Å². The predicted molar refractivity (Wildman–Crippen MR) is 91.5 cm³/mol. The minimum atomic E-state index is -0.876. The Bertz CT molecular complexity index is 546. The zero-order chi connectivity index (χ0) is 16.2. The average Bonchev–Trinajstić information content (AvgIpc) is 2.99. The van der Waals surface area contributed by atoms with Crippen LogP contribution in [0.1, 0.15) is 37.7 Å². The number of carboxylic acid groups (broad SMARTS) is 1. The van der Waals surface area contributed by atoms with Crippen LogP contribution in [0.5, 0.6) is 0 Å². The summed E-state index contributed by atoms with van der Waals surface area (Å²) in [7, 11) is 0. The summed E-state index contributed by atoms with van der Waals surface area (Å²) in [6.07, 6.45) is 5.53. The van der Waals surface area contributed by atoms with Gasteiger partial charge in [0.15, 0.2) is 0 Å². The van der Waals surface area contributed by atoms with Crippen LogP contribution in [-0.4, -0.2) is 40.4 Å². The molecule has 132 valence electrons. The maximum atomic E-state index is 12.6. The number of nitrogens with zero attached hydrogens (tertiary/aromatic N) is 1. The number of hydrogen-bond acceptors (Lipinski definition) is 2. The van der Waals surface area contributed by atoms with Crippen LogP contribution >= 0.6 is 0 Å².